The lowest BCUT2D eigenvalue weighted by Crippen LogP contribution is -2.44. The molecule has 106 valence electrons. The first kappa shape index (κ1) is 14.7. The van der Waals surface area contributed by atoms with Crippen LogP contribution in [0.15, 0.2) is 12.1 Å². The summed E-state index contributed by atoms with van der Waals surface area (Å²) in [4.78, 5) is 4.62. The summed E-state index contributed by atoms with van der Waals surface area (Å²) in [5.41, 5.74) is 0.113. The Morgan fingerprint density at radius 2 is 1.84 bits per heavy atom. The summed E-state index contributed by atoms with van der Waals surface area (Å²) in [6, 6.07) is 2.49. The Hall–Kier alpha value is -0.710. The van der Waals surface area contributed by atoms with Crippen molar-refractivity contribution in [3.05, 3.63) is 34.4 Å². The molecule has 0 N–H and O–H groups in total. The summed E-state index contributed by atoms with van der Waals surface area (Å²) in [7, 11) is 2.11. The van der Waals surface area contributed by atoms with Crippen molar-refractivity contribution in [1.29, 1.82) is 0 Å². The Morgan fingerprint density at radius 3 is 2.53 bits per heavy atom. The van der Waals surface area contributed by atoms with Gasteiger partial charge in [0.25, 0.3) is 0 Å². The van der Waals surface area contributed by atoms with Crippen molar-refractivity contribution in [2.45, 2.75) is 12.8 Å². The molecular weight excluding hydrogens is 270 g/mol. The molecule has 1 aliphatic heterocycles. The van der Waals surface area contributed by atoms with Gasteiger partial charge in [-0.1, -0.05) is 11.6 Å². The maximum atomic E-state index is 13.7. The summed E-state index contributed by atoms with van der Waals surface area (Å²) >= 11 is 5.67. The fourth-order valence-corrected chi connectivity index (χ4v) is 2.53. The molecule has 0 unspecified atom stereocenters. The maximum absolute atomic E-state index is 13.7. The van der Waals surface area contributed by atoms with Gasteiger partial charge in [-0.05, 0) is 38.6 Å². The van der Waals surface area contributed by atoms with E-state index in [0.29, 0.717) is 6.42 Å². The molecule has 1 aromatic rings. The Kier molecular flexibility index (Phi) is 5.13. The average molecular weight is 289 g/mol. The van der Waals surface area contributed by atoms with Crippen LogP contribution in [0.3, 0.4) is 0 Å². The summed E-state index contributed by atoms with van der Waals surface area (Å²) in [6.07, 6.45) is 1.14. The smallest absolute Gasteiger partial charge is 0.147 e. The van der Waals surface area contributed by atoms with Crippen molar-refractivity contribution < 1.29 is 8.78 Å². The van der Waals surface area contributed by atoms with Crippen LogP contribution in [0.1, 0.15) is 12.0 Å². The first-order valence-electron chi connectivity index (χ1n) is 6.61. The number of halogens is 3. The largest absolute Gasteiger partial charge is 0.304 e. The van der Waals surface area contributed by atoms with E-state index in [1.165, 1.54) is 12.1 Å². The van der Waals surface area contributed by atoms with Gasteiger partial charge in [0.05, 0.1) is 5.02 Å². The normalized spacial score (nSPS) is 17.9. The highest BCUT2D eigenvalue weighted by Gasteiger charge is 2.15. The highest BCUT2D eigenvalue weighted by atomic mass is 35.5. The zero-order valence-corrected chi connectivity index (χ0v) is 11.9. The van der Waals surface area contributed by atoms with Crippen LogP contribution in [0, 0.1) is 11.6 Å². The predicted molar refractivity (Wildman–Crippen MR) is 73.6 cm³/mol. The molecule has 0 aliphatic carbocycles. The minimum Gasteiger partial charge on any atom is -0.304 e. The summed E-state index contributed by atoms with van der Waals surface area (Å²) < 4.78 is 27.2. The zero-order valence-electron chi connectivity index (χ0n) is 11.1. The molecule has 0 amide bonds. The molecule has 1 aromatic carbocycles. The topological polar surface area (TPSA) is 6.48 Å². The molecule has 0 bridgehead atoms. The molecule has 1 heterocycles. The molecular formula is C14H19ClF2N2. The lowest BCUT2D eigenvalue weighted by molar-refractivity contribution is 0.153. The summed E-state index contributed by atoms with van der Waals surface area (Å²) in [5, 5.41) is -0.00371. The molecule has 2 rings (SSSR count). The second-order valence-electron chi connectivity index (χ2n) is 5.07. The van der Waals surface area contributed by atoms with Crippen molar-refractivity contribution in [2.24, 2.45) is 0 Å². The third-order valence-electron chi connectivity index (χ3n) is 3.64. The Labute approximate surface area is 117 Å². The molecule has 2 nitrogen and oxygen atoms in total. The molecule has 0 spiro atoms. The van der Waals surface area contributed by atoms with E-state index in [-0.39, 0.29) is 10.6 Å². The number of nitrogens with zero attached hydrogens (tertiary/aromatic N) is 2. The molecule has 0 aromatic heterocycles. The summed E-state index contributed by atoms with van der Waals surface area (Å²) in [5.74, 6) is -1.11. The standard InChI is InChI=1S/C14H19ClF2N2/c1-18-7-9-19(10-8-18)6-2-3-11-13(16)5-4-12(15)14(11)17/h4-5H,2-3,6-10H2,1H3. The van der Waals surface area contributed by atoms with E-state index in [2.05, 4.69) is 16.8 Å². The summed E-state index contributed by atoms with van der Waals surface area (Å²) in [6.45, 7) is 5.03. The van der Waals surface area contributed by atoms with Crippen molar-refractivity contribution in [2.75, 3.05) is 39.8 Å². The monoisotopic (exact) mass is 288 g/mol. The Morgan fingerprint density at radius 1 is 1.16 bits per heavy atom. The van der Waals surface area contributed by atoms with Crippen LogP contribution in [0.25, 0.3) is 0 Å². The minimum atomic E-state index is -0.611. The first-order valence-corrected chi connectivity index (χ1v) is 6.99. The van der Waals surface area contributed by atoms with Crippen molar-refractivity contribution in [3.8, 4) is 0 Å². The first-order chi connectivity index (χ1) is 9.08. The lowest BCUT2D eigenvalue weighted by atomic mass is 10.1. The second-order valence-corrected chi connectivity index (χ2v) is 5.48. The van der Waals surface area contributed by atoms with Crippen LogP contribution >= 0.6 is 11.6 Å². The molecule has 1 fully saturated rings. The quantitative estimate of drug-likeness (QED) is 0.786. The van der Waals surface area contributed by atoms with Gasteiger partial charge in [0, 0.05) is 31.7 Å². The molecule has 0 saturated carbocycles. The fourth-order valence-electron chi connectivity index (χ4n) is 2.35. The molecule has 0 atom stereocenters. The van der Waals surface area contributed by atoms with Crippen LogP contribution < -0.4 is 0 Å². The van der Waals surface area contributed by atoms with Gasteiger partial charge in [0.2, 0.25) is 0 Å². The maximum Gasteiger partial charge on any atom is 0.147 e. The van der Waals surface area contributed by atoms with E-state index in [9.17, 15) is 8.78 Å². The highest BCUT2D eigenvalue weighted by Crippen LogP contribution is 2.22. The highest BCUT2D eigenvalue weighted by molar-refractivity contribution is 6.30. The molecule has 19 heavy (non-hydrogen) atoms. The fraction of sp³-hybridized carbons (Fsp3) is 0.571. The lowest BCUT2D eigenvalue weighted by Gasteiger charge is -2.32. The van der Waals surface area contributed by atoms with E-state index in [0.717, 1.165) is 39.1 Å². The van der Waals surface area contributed by atoms with Gasteiger partial charge in [-0.15, -0.1) is 0 Å². The molecule has 1 saturated heterocycles. The van der Waals surface area contributed by atoms with Gasteiger partial charge in [-0.2, -0.15) is 0 Å². The number of hydrogen-bond acceptors (Lipinski definition) is 2. The predicted octanol–water partition coefficient (Wildman–Crippen LogP) is 2.80. The van der Waals surface area contributed by atoms with Gasteiger partial charge in [-0.3, -0.25) is 0 Å². The van der Waals surface area contributed by atoms with Gasteiger partial charge in [0.1, 0.15) is 11.6 Å². The van der Waals surface area contributed by atoms with Gasteiger partial charge < -0.3 is 9.80 Å². The van der Waals surface area contributed by atoms with Crippen molar-refractivity contribution in [1.82, 2.24) is 9.80 Å². The van der Waals surface area contributed by atoms with Crippen LogP contribution in [0.2, 0.25) is 5.02 Å². The number of benzene rings is 1. The molecule has 0 radical (unpaired) electrons. The number of hydrogen-bond donors (Lipinski definition) is 0. The van der Waals surface area contributed by atoms with Crippen LogP contribution in [-0.2, 0) is 6.42 Å². The number of rotatable bonds is 4. The molecule has 1 aliphatic rings. The van der Waals surface area contributed by atoms with Gasteiger partial charge >= 0.3 is 0 Å². The van der Waals surface area contributed by atoms with E-state index >= 15 is 0 Å². The van der Waals surface area contributed by atoms with Gasteiger partial charge in [-0.25, -0.2) is 8.78 Å². The van der Waals surface area contributed by atoms with E-state index in [1.807, 2.05) is 0 Å². The van der Waals surface area contributed by atoms with Crippen LogP contribution in [0.4, 0.5) is 8.78 Å². The minimum absolute atomic E-state index is 0.00371. The van der Waals surface area contributed by atoms with Crippen molar-refractivity contribution in [3.63, 3.8) is 0 Å². The average Bonchev–Trinajstić information content (AvgIpc) is 2.40. The van der Waals surface area contributed by atoms with Crippen LogP contribution in [-0.4, -0.2) is 49.6 Å². The molecule has 5 heteroatoms. The number of likely N-dealkylation sites (N-methyl/N-ethyl adjacent to an activating group) is 1. The Balaban J connectivity index is 1.84. The van der Waals surface area contributed by atoms with Crippen LogP contribution in [0.5, 0.6) is 0 Å². The second kappa shape index (κ2) is 6.64. The third-order valence-corrected chi connectivity index (χ3v) is 3.93. The Bertz CT molecular complexity index is 432. The van der Waals surface area contributed by atoms with E-state index in [4.69, 9.17) is 11.6 Å². The van der Waals surface area contributed by atoms with Gasteiger partial charge in [0.15, 0.2) is 0 Å². The van der Waals surface area contributed by atoms with E-state index in [1.54, 1.807) is 0 Å². The van der Waals surface area contributed by atoms with E-state index < -0.39 is 11.6 Å². The zero-order chi connectivity index (χ0) is 13.8. The number of piperazine rings is 1. The SMILES string of the molecule is CN1CCN(CCCc2c(F)ccc(Cl)c2F)CC1. The van der Waals surface area contributed by atoms with Crippen molar-refractivity contribution >= 4 is 11.6 Å². The third kappa shape index (κ3) is 3.88.